The average molecular weight is 898 g/mol. The number of phenols is 3. The number of Topliss-reactive ketones (excluding diaryl/α,β-unsaturated/α-hetero) is 1. The summed E-state index contributed by atoms with van der Waals surface area (Å²) < 4.78 is 5.61. The first-order chi connectivity index (χ1) is 31.9. The number of benzene rings is 3. The molecule has 4 saturated carbocycles. The lowest BCUT2D eigenvalue weighted by Crippen LogP contribution is -2.85. The van der Waals surface area contributed by atoms with Crippen LogP contribution < -0.4 is 10.1 Å². The Bertz CT molecular complexity index is 2510. The summed E-state index contributed by atoms with van der Waals surface area (Å²) >= 11 is 0. The molecular weight excluding hydrogens is 831 g/mol. The zero-order valence-corrected chi connectivity index (χ0v) is 38.3. The summed E-state index contributed by atoms with van der Waals surface area (Å²) in [6, 6.07) is 17.1. The monoisotopic (exact) mass is 897 g/mol. The Balaban J connectivity index is 1.18. The fourth-order valence-electron chi connectivity index (χ4n) is 17.5. The molecule has 6 bridgehead atoms. The van der Waals surface area contributed by atoms with Crippen molar-refractivity contribution in [2.45, 2.75) is 131 Å². The van der Waals surface area contributed by atoms with Gasteiger partial charge in [-0.3, -0.25) is 4.79 Å². The summed E-state index contributed by atoms with van der Waals surface area (Å²) in [5.74, 6) is 5.75. The Kier molecular flexibility index (Phi) is 10.8. The van der Waals surface area contributed by atoms with Crippen molar-refractivity contribution in [3.8, 4) is 34.8 Å². The highest BCUT2D eigenvalue weighted by Gasteiger charge is 2.81. The van der Waals surface area contributed by atoms with Gasteiger partial charge in [0.1, 0.15) is 5.78 Å². The van der Waals surface area contributed by atoms with Crippen LogP contribution in [0.1, 0.15) is 130 Å². The lowest BCUT2D eigenvalue weighted by Gasteiger charge is -2.80. The molecule has 3 aromatic rings. The van der Waals surface area contributed by atoms with Gasteiger partial charge in [0, 0.05) is 67.2 Å². The summed E-state index contributed by atoms with van der Waals surface area (Å²) in [4.78, 5) is 15.5. The normalized spacial score (nSPS) is 39.0. The standard InChI is InChI=1S/C56H67NO9/c1-66-49-25-42(36(31-60)21-48(49)64)41-23-40(61)29-55(65)39(12-7-19-59)28-54-17-16-53-32-52(15-5-10-37(52)22-38(53)11-6-18-58)44-27-50(53)56(54,45-26-47(63)46(62)24-43(44)45)51(55)35(30-57-54)14-13-34(41)20-33-8-3-2-4-9-33/h2-4,8-9,21-22,24-26,34-35,37,39,41,44,50-51,57-60,62-65H,5-7,10-12,15-20,23,27-32H2,1H3. The molecule has 7 aliphatic carbocycles. The third-order valence-corrected chi connectivity index (χ3v) is 19.6. The minimum Gasteiger partial charge on any atom is -0.504 e. The smallest absolute Gasteiger partial charge is 0.160 e. The molecule has 8 aliphatic rings. The quantitative estimate of drug-likeness (QED) is 0.0548. The molecule has 10 nitrogen and oxygen atoms in total. The van der Waals surface area contributed by atoms with E-state index in [2.05, 4.69) is 35.4 Å². The number of carbonyl (C=O) groups is 1. The van der Waals surface area contributed by atoms with E-state index in [-0.39, 0.29) is 90.0 Å². The van der Waals surface area contributed by atoms with E-state index in [1.54, 1.807) is 6.07 Å². The molecule has 0 amide bonds. The fraction of sp³-hybridized carbons (Fsp3) is 0.589. The van der Waals surface area contributed by atoms with Gasteiger partial charge in [-0.2, -0.15) is 0 Å². The first-order valence-corrected chi connectivity index (χ1v) is 25.0. The maximum Gasteiger partial charge on any atom is 0.160 e. The molecule has 8 N–H and O–H groups in total. The number of aliphatic hydroxyl groups is 4. The highest BCUT2D eigenvalue weighted by Crippen LogP contribution is 2.83. The number of rotatable bonds is 11. The van der Waals surface area contributed by atoms with E-state index >= 15 is 4.79 Å². The highest BCUT2D eigenvalue weighted by atomic mass is 16.5. The molecule has 350 valence electrons. The number of methoxy groups -OCH3 is 1. The van der Waals surface area contributed by atoms with Crippen LogP contribution in [-0.2, 0) is 23.2 Å². The molecule has 3 aromatic carbocycles. The Morgan fingerprint density at radius 2 is 1.71 bits per heavy atom. The van der Waals surface area contributed by atoms with E-state index in [1.807, 2.05) is 30.3 Å². The Morgan fingerprint density at radius 3 is 2.48 bits per heavy atom. The SMILES string of the molecule is COc1cc(C2CC(=O)CC3(O)C(CCCO)CC45CCC67CC8(CCCC8C=C6CCCO)C6CC7C4(c4cc(O)c(O)cc46)C3C(C#CC2Cc2ccccc2)CN5)c(CO)cc1O. The van der Waals surface area contributed by atoms with Crippen LogP contribution in [0, 0.1) is 58.2 Å². The van der Waals surface area contributed by atoms with Gasteiger partial charge in [-0.05, 0) is 164 Å². The number of nitrogens with one attached hydrogen (secondary N) is 1. The molecule has 1 saturated heterocycles. The number of allylic oxidation sites excluding steroid dienone is 2. The Hall–Kier alpha value is -4.37. The number of ether oxygens (including phenoxy) is 1. The van der Waals surface area contributed by atoms with Crippen LogP contribution in [0.5, 0.6) is 23.0 Å². The van der Waals surface area contributed by atoms with Crippen LogP contribution in [-0.4, -0.2) is 79.5 Å². The second-order valence-electron chi connectivity index (χ2n) is 22.0. The zero-order chi connectivity index (χ0) is 45.8. The topological polar surface area (TPSA) is 180 Å². The number of phenolic OH excluding ortho intramolecular Hbond substituents is 3. The molecular formula is C56H67NO9. The van der Waals surface area contributed by atoms with Gasteiger partial charge in [-0.25, -0.2) is 0 Å². The fourth-order valence-corrected chi connectivity index (χ4v) is 17.5. The maximum atomic E-state index is 15.5. The van der Waals surface area contributed by atoms with Crippen LogP contribution in [0.15, 0.2) is 66.2 Å². The number of hydrogen-bond donors (Lipinski definition) is 8. The van der Waals surface area contributed by atoms with Crippen molar-refractivity contribution < 1.29 is 45.3 Å². The van der Waals surface area contributed by atoms with Gasteiger partial charge in [-0.15, -0.1) is 0 Å². The number of ketones is 1. The number of aliphatic hydroxyl groups excluding tert-OH is 3. The lowest BCUT2D eigenvalue weighted by molar-refractivity contribution is -0.254. The number of hydrogen-bond acceptors (Lipinski definition) is 10. The molecule has 0 aromatic heterocycles. The third kappa shape index (κ3) is 6.08. The summed E-state index contributed by atoms with van der Waals surface area (Å²) in [7, 11) is 1.48. The van der Waals surface area contributed by atoms with Gasteiger partial charge in [0.05, 0.1) is 19.3 Å². The van der Waals surface area contributed by atoms with E-state index < -0.39 is 40.2 Å². The van der Waals surface area contributed by atoms with Crippen molar-refractivity contribution in [1.29, 1.82) is 0 Å². The zero-order valence-electron chi connectivity index (χ0n) is 38.3. The van der Waals surface area contributed by atoms with Gasteiger partial charge in [0.15, 0.2) is 23.0 Å². The Morgan fingerprint density at radius 1 is 0.909 bits per heavy atom. The molecule has 0 radical (unpaired) electrons. The summed E-state index contributed by atoms with van der Waals surface area (Å²) in [5, 5.41) is 84.3. The molecule has 13 unspecified atom stereocenters. The van der Waals surface area contributed by atoms with Crippen LogP contribution in [0.2, 0.25) is 0 Å². The minimum absolute atomic E-state index is 0.000666. The van der Waals surface area contributed by atoms with Gasteiger partial charge in [0.25, 0.3) is 0 Å². The first kappa shape index (κ1) is 44.2. The maximum absolute atomic E-state index is 15.5. The van der Waals surface area contributed by atoms with Gasteiger partial charge >= 0.3 is 0 Å². The van der Waals surface area contributed by atoms with E-state index in [9.17, 15) is 35.7 Å². The van der Waals surface area contributed by atoms with Gasteiger partial charge in [0.2, 0.25) is 0 Å². The lowest BCUT2D eigenvalue weighted by atomic mass is 9.26. The average Bonchev–Trinajstić information content (AvgIpc) is 3.72. The van der Waals surface area contributed by atoms with Crippen molar-refractivity contribution in [3.63, 3.8) is 0 Å². The molecule has 1 heterocycles. The molecule has 10 heteroatoms. The summed E-state index contributed by atoms with van der Waals surface area (Å²) in [6.07, 6.45) is 13.2. The molecule has 3 spiro atoms. The predicted molar refractivity (Wildman–Crippen MR) is 249 cm³/mol. The second-order valence-corrected chi connectivity index (χ2v) is 22.0. The number of fused-ring (bicyclic) bond motifs is 3. The van der Waals surface area contributed by atoms with Crippen molar-refractivity contribution in [3.05, 3.63) is 94.1 Å². The van der Waals surface area contributed by atoms with Gasteiger partial charge < -0.3 is 45.8 Å². The van der Waals surface area contributed by atoms with Crippen molar-refractivity contribution in [2.75, 3.05) is 26.9 Å². The summed E-state index contributed by atoms with van der Waals surface area (Å²) in [6.45, 7) is 0.210. The first-order valence-electron chi connectivity index (χ1n) is 25.0. The van der Waals surface area contributed by atoms with E-state index in [0.717, 1.165) is 68.1 Å². The van der Waals surface area contributed by atoms with Crippen molar-refractivity contribution >= 4 is 5.78 Å². The molecule has 1 aliphatic heterocycles. The number of carbonyl (C=O) groups excluding carboxylic acids is 1. The van der Waals surface area contributed by atoms with Crippen LogP contribution >= 0.6 is 0 Å². The van der Waals surface area contributed by atoms with E-state index in [1.165, 1.54) is 18.7 Å². The second kappa shape index (κ2) is 16.1. The van der Waals surface area contributed by atoms with Gasteiger partial charge in [-0.1, -0.05) is 60.2 Å². The molecule has 66 heavy (non-hydrogen) atoms. The minimum atomic E-state index is -1.56. The van der Waals surface area contributed by atoms with Crippen LogP contribution in [0.4, 0.5) is 0 Å². The van der Waals surface area contributed by atoms with E-state index in [0.29, 0.717) is 55.7 Å². The third-order valence-electron chi connectivity index (χ3n) is 19.6. The highest BCUT2D eigenvalue weighted by molar-refractivity contribution is 5.81. The van der Waals surface area contributed by atoms with Crippen molar-refractivity contribution in [1.82, 2.24) is 5.32 Å². The van der Waals surface area contributed by atoms with E-state index in [4.69, 9.17) is 4.74 Å². The summed E-state index contributed by atoms with van der Waals surface area (Å²) in [5.41, 5.74) is 2.61. The van der Waals surface area contributed by atoms with Crippen LogP contribution in [0.25, 0.3) is 0 Å². The number of piperidine rings is 1. The van der Waals surface area contributed by atoms with Crippen molar-refractivity contribution in [2.24, 2.45) is 46.3 Å². The molecule has 5 fully saturated rings. The predicted octanol–water partition coefficient (Wildman–Crippen LogP) is 7.44. The largest absolute Gasteiger partial charge is 0.504 e. The molecule has 13 atom stereocenters. The Labute approximate surface area is 388 Å². The van der Waals surface area contributed by atoms with Crippen LogP contribution in [0.3, 0.4) is 0 Å². The molecule has 11 rings (SSSR count). The number of aromatic hydroxyl groups is 3.